The normalized spacial score (nSPS) is 20.1. The van der Waals surface area contributed by atoms with Crippen molar-refractivity contribution in [1.82, 2.24) is 14.9 Å². The molecule has 0 aliphatic carbocycles. The summed E-state index contributed by atoms with van der Waals surface area (Å²) in [5.74, 6) is -0.958. The molecule has 0 spiro atoms. The molecule has 192 valence electrons. The number of alkyl halides is 2. The first-order valence-corrected chi connectivity index (χ1v) is 12.5. The maximum absolute atomic E-state index is 14.0. The maximum Gasteiger partial charge on any atom is 0.255 e. The van der Waals surface area contributed by atoms with E-state index in [1.807, 2.05) is 11.8 Å². The number of hydrogen-bond donors (Lipinski definition) is 1. The molecule has 2 aromatic rings. The van der Waals surface area contributed by atoms with Crippen molar-refractivity contribution in [2.45, 2.75) is 44.8 Å². The van der Waals surface area contributed by atoms with Gasteiger partial charge in [-0.15, -0.1) is 0 Å². The lowest BCUT2D eigenvalue weighted by molar-refractivity contribution is 0.162. The number of anilines is 2. The van der Waals surface area contributed by atoms with E-state index in [0.29, 0.717) is 56.1 Å². The summed E-state index contributed by atoms with van der Waals surface area (Å²) in [6.45, 7) is 2.63. The Labute approximate surface area is 203 Å². The topological polar surface area (TPSA) is 93.7 Å². The van der Waals surface area contributed by atoms with Crippen LogP contribution in [0, 0.1) is 11.6 Å². The number of ether oxygens (including phenoxy) is 1. The predicted octanol–water partition coefficient (Wildman–Crippen LogP) is 3.24. The summed E-state index contributed by atoms with van der Waals surface area (Å²) < 4.78 is 81.1. The molecule has 2 atom stereocenters. The van der Waals surface area contributed by atoms with Gasteiger partial charge in [0.15, 0.2) is 23.2 Å². The predicted molar refractivity (Wildman–Crippen MR) is 121 cm³/mol. The van der Waals surface area contributed by atoms with Crippen molar-refractivity contribution >= 4 is 22.7 Å². The van der Waals surface area contributed by atoms with Crippen LogP contribution in [0.15, 0.2) is 18.2 Å². The SMILES string of the molecule is CC1c2nc(N3CCC(Oc4ccc(F)cc4F)CC3)c(NCC(F)F)nc2CCN1CS(=O)[O-]. The van der Waals surface area contributed by atoms with Crippen LogP contribution in [-0.4, -0.2) is 68.2 Å². The third-order valence-corrected chi connectivity index (χ3v) is 6.73. The number of hydrogen-bond acceptors (Lipinski definition) is 8. The Morgan fingerprint density at radius 1 is 1.23 bits per heavy atom. The van der Waals surface area contributed by atoms with Crippen LogP contribution in [0.3, 0.4) is 0 Å². The summed E-state index contributed by atoms with van der Waals surface area (Å²) >= 11 is -2.25. The molecule has 2 unspecified atom stereocenters. The molecule has 2 aliphatic heterocycles. The first-order chi connectivity index (χ1) is 16.7. The van der Waals surface area contributed by atoms with E-state index < -0.39 is 35.7 Å². The molecule has 0 amide bonds. The van der Waals surface area contributed by atoms with E-state index in [4.69, 9.17) is 9.72 Å². The zero-order valence-corrected chi connectivity index (χ0v) is 19.9. The summed E-state index contributed by atoms with van der Waals surface area (Å²) in [4.78, 5) is 13.0. The molecule has 4 rings (SSSR count). The van der Waals surface area contributed by atoms with Gasteiger partial charge in [-0.3, -0.25) is 9.11 Å². The molecule has 35 heavy (non-hydrogen) atoms. The standard InChI is InChI=1S/C22H27F4N5O3S/c1-13-20-17(6-9-31(13)12-35(32)33)28-21(27-11-19(25)26)22(29-20)30-7-4-15(5-8-30)34-18-3-2-14(23)10-16(18)24/h2-3,10,13,15,19H,4-9,11-12H2,1H3,(H,27,28)(H,32,33)/p-1. The molecular formula is C22H26F4N5O3S-. The Kier molecular flexibility index (Phi) is 8.07. The Balaban J connectivity index is 1.52. The molecule has 1 saturated heterocycles. The fraction of sp³-hybridized carbons (Fsp3) is 0.545. The lowest BCUT2D eigenvalue weighted by atomic mass is 10.0. The number of nitrogens with one attached hydrogen (secondary N) is 1. The molecule has 2 aliphatic rings. The molecular weight excluding hydrogens is 490 g/mol. The highest BCUT2D eigenvalue weighted by atomic mass is 32.2. The van der Waals surface area contributed by atoms with Crippen molar-refractivity contribution in [3.63, 3.8) is 0 Å². The van der Waals surface area contributed by atoms with Crippen molar-refractivity contribution in [2.24, 2.45) is 0 Å². The summed E-state index contributed by atoms with van der Waals surface area (Å²) in [6, 6.07) is 2.83. The van der Waals surface area contributed by atoms with Crippen LogP contribution >= 0.6 is 0 Å². The van der Waals surface area contributed by atoms with Gasteiger partial charge in [0.25, 0.3) is 6.43 Å². The number of rotatable bonds is 8. The van der Waals surface area contributed by atoms with Crippen LogP contribution in [0.1, 0.15) is 37.2 Å². The number of fused-ring (bicyclic) bond motifs is 1. The molecule has 1 fully saturated rings. The highest BCUT2D eigenvalue weighted by molar-refractivity contribution is 7.79. The van der Waals surface area contributed by atoms with Crippen molar-refractivity contribution in [3.8, 4) is 5.75 Å². The van der Waals surface area contributed by atoms with Gasteiger partial charge in [-0.05, 0) is 30.1 Å². The molecule has 0 bridgehead atoms. The minimum absolute atomic E-state index is 0.0256. The van der Waals surface area contributed by atoms with E-state index in [1.165, 1.54) is 6.07 Å². The van der Waals surface area contributed by atoms with Crippen LogP contribution in [0.2, 0.25) is 0 Å². The summed E-state index contributed by atoms with van der Waals surface area (Å²) in [6.07, 6.45) is -1.43. The van der Waals surface area contributed by atoms with Gasteiger partial charge < -0.3 is 19.5 Å². The number of nitrogens with zero attached hydrogens (tertiary/aromatic N) is 4. The average Bonchev–Trinajstić information content (AvgIpc) is 2.81. The van der Waals surface area contributed by atoms with Crippen LogP contribution in [0.25, 0.3) is 0 Å². The summed E-state index contributed by atoms with van der Waals surface area (Å²) in [7, 11) is 0. The summed E-state index contributed by atoms with van der Waals surface area (Å²) in [5, 5.41) is 2.69. The second kappa shape index (κ2) is 11.0. The van der Waals surface area contributed by atoms with Crippen LogP contribution in [0.5, 0.6) is 5.75 Å². The minimum atomic E-state index is -2.58. The summed E-state index contributed by atoms with van der Waals surface area (Å²) in [5.41, 5.74) is 1.27. The third-order valence-electron chi connectivity index (χ3n) is 6.18. The van der Waals surface area contributed by atoms with Crippen molar-refractivity contribution < 1.29 is 31.1 Å². The highest BCUT2D eigenvalue weighted by Gasteiger charge is 2.31. The fourth-order valence-electron chi connectivity index (χ4n) is 4.37. The van der Waals surface area contributed by atoms with E-state index in [2.05, 4.69) is 10.3 Å². The highest BCUT2D eigenvalue weighted by Crippen LogP contribution is 2.34. The van der Waals surface area contributed by atoms with E-state index in [1.54, 1.807) is 4.90 Å². The Hall–Kier alpha value is -2.51. The van der Waals surface area contributed by atoms with Gasteiger partial charge in [0, 0.05) is 45.0 Å². The maximum atomic E-state index is 14.0. The quantitative estimate of drug-likeness (QED) is 0.422. The Morgan fingerprint density at radius 2 is 1.97 bits per heavy atom. The van der Waals surface area contributed by atoms with E-state index in [9.17, 15) is 26.3 Å². The molecule has 1 aromatic carbocycles. The van der Waals surface area contributed by atoms with E-state index in [-0.39, 0.29) is 29.6 Å². The zero-order chi connectivity index (χ0) is 25.1. The third kappa shape index (κ3) is 6.19. The molecule has 3 heterocycles. The number of benzene rings is 1. The van der Waals surface area contributed by atoms with Crippen LogP contribution in [0.4, 0.5) is 29.2 Å². The van der Waals surface area contributed by atoms with E-state index >= 15 is 0 Å². The van der Waals surface area contributed by atoms with Crippen molar-refractivity contribution in [2.75, 3.05) is 42.3 Å². The second-order valence-electron chi connectivity index (χ2n) is 8.55. The Bertz CT molecular complexity index is 1070. The molecule has 0 radical (unpaired) electrons. The van der Waals surface area contributed by atoms with E-state index in [0.717, 1.165) is 12.1 Å². The van der Waals surface area contributed by atoms with Gasteiger partial charge in [0.1, 0.15) is 11.9 Å². The number of halogens is 4. The number of piperidine rings is 1. The molecule has 8 nitrogen and oxygen atoms in total. The molecule has 0 saturated carbocycles. The van der Waals surface area contributed by atoms with Gasteiger partial charge in [-0.25, -0.2) is 27.5 Å². The lowest BCUT2D eigenvalue weighted by Gasteiger charge is -2.37. The average molecular weight is 517 g/mol. The van der Waals surface area contributed by atoms with Crippen molar-refractivity contribution in [1.29, 1.82) is 0 Å². The molecule has 13 heteroatoms. The first-order valence-electron chi connectivity index (χ1n) is 11.3. The monoisotopic (exact) mass is 516 g/mol. The Morgan fingerprint density at radius 3 is 2.63 bits per heavy atom. The van der Waals surface area contributed by atoms with Gasteiger partial charge in [-0.1, -0.05) is 0 Å². The van der Waals surface area contributed by atoms with Gasteiger partial charge >= 0.3 is 0 Å². The molecule has 1 aromatic heterocycles. The van der Waals surface area contributed by atoms with Crippen LogP contribution < -0.4 is 15.0 Å². The second-order valence-corrected chi connectivity index (χ2v) is 9.42. The minimum Gasteiger partial charge on any atom is -0.771 e. The largest absolute Gasteiger partial charge is 0.771 e. The first kappa shape index (κ1) is 25.6. The fourth-order valence-corrected chi connectivity index (χ4v) is 4.99. The van der Waals surface area contributed by atoms with Crippen molar-refractivity contribution in [3.05, 3.63) is 41.2 Å². The molecule has 1 N–H and O–H groups in total. The zero-order valence-electron chi connectivity index (χ0n) is 19.1. The van der Waals surface area contributed by atoms with Gasteiger partial charge in [-0.2, -0.15) is 0 Å². The number of aromatic nitrogens is 2. The van der Waals surface area contributed by atoms with Gasteiger partial charge in [0.2, 0.25) is 0 Å². The smallest absolute Gasteiger partial charge is 0.255 e. The van der Waals surface area contributed by atoms with Gasteiger partial charge in [0.05, 0.1) is 29.9 Å². The van der Waals surface area contributed by atoms with Crippen LogP contribution in [-0.2, 0) is 17.5 Å². The lowest BCUT2D eigenvalue weighted by Crippen LogP contribution is -2.41.